The number of methoxy groups -OCH3 is 1. The van der Waals surface area contributed by atoms with E-state index in [0.29, 0.717) is 12.5 Å². The summed E-state index contributed by atoms with van der Waals surface area (Å²) in [6.45, 7) is 13.5. The number of aromatic nitrogens is 4. The molecule has 3 heterocycles. The van der Waals surface area contributed by atoms with E-state index in [2.05, 4.69) is 57.5 Å². The van der Waals surface area contributed by atoms with Gasteiger partial charge in [0, 0.05) is 30.3 Å². The van der Waals surface area contributed by atoms with Gasteiger partial charge in [-0.15, -0.1) is 0 Å². The lowest BCUT2D eigenvalue weighted by molar-refractivity contribution is 0.154. The average Bonchev–Trinajstić information content (AvgIpc) is 3.00. The van der Waals surface area contributed by atoms with Gasteiger partial charge in [-0.25, -0.2) is 9.97 Å². The average molecular weight is 381 g/mol. The van der Waals surface area contributed by atoms with Crippen LogP contribution in [0.4, 0.5) is 0 Å². The fraction of sp³-hybridized carbons (Fsp3) is 0.522. The summed E-state index contributed by atoms with van der Waals surface area (Å²) in [6, 6.07) is 4.54. The van der Waals surface area contributed by atoms with Crippen molar-refractivity contribution in [2.45, 2.75) is 66.3 Å². The lowest BCUT2D eigenvalue weighted by Crippen LogP contribution is -2.13. The van der Waals surface area contributed by atoms with Gasteiger partial charge in [0.1, 0.15) is 5.52 Å². The molecule has 0 N–H and O–H groups in total. The maximum absolute atomic E-state index is 5.41. The van der Waals surface area contributed by atoms with Gasteiger partial charge in [-0.3, -0.25) is 4.98 Å². The van der Waals surface area contributed by atoms with E-state index in [4.69, 9.17) is 19.7 Å². The Kier molecular flexibility index (Phi) is 6.14. The predicted octanol–water partition coefficient (Wildman–Crippen LogP) is 5.39. The Morgan fingerprint density at radius 3 is 2.43 bits per heavy atom. The third-order valence-electron chi connectivity index (χ3n) is 5.40. The molecule has 1 atom stereocenters. The normalized spacial score (nSPS) is 12.9. The molecule has 3 aromatic rings. The summed E-state index contributed by atoms with van der Waals surface area (Å²) in [4.78, 5) is 14.9. The molecule has 0 aliphatic carbocycles. The van der Waals surface area contributed by atoms with Gasteiger partial charge >= 0.3 is 0 Å². The van der Waals surface area contributed by atoms with Crippen LogP contribution in [0.3, 0.4) is 0 Å². The number of aryl methyl sites for hydroxylation is 3. The maximum Gasteiger partial charge on any atom is 0.159 e. The summed E-state index contributed by atoms with van der Waals surface area (Å²) in [5, 5.41) is 0. The van der Waals surface area contributed by atoms with Gasteiger partial charge in [0.05, 0.1) is 24.0 Å². The molecule has 0 aromatic carbocycles. The van der Waals surface area contributed by atoms with E-state index in [1.54, 1.807) is 7.11 Å². The predicted molar refractivity (Wildman–Crippen MR) is 115 cm³/mol. The number of hydrogen-bond donors (Lipinski definition) is 0. The molecule has 5 heteroatoms. The number of pyridine rings is 1. The largest absolute Gasteiger partial charge is 0.383 e. The van der Waals surface area contributed by atoms with E-state index in [1.165, 1.54) is 0 Å². The van der Waals surface area contributed by atoms with Gasteiger partial charge in [0.15, 0.2) is 5.65 Å². The Labute approximate surface area is 168 Å². The minimum Gasteiger partial charge on any atom is -0.383 e. The number of nitrogens with zero attached hydrogens (tertiary/aromatic N) is 4. The molecule has 3 aromatic heterocycles. The highest BCUT2D eigenvalue weighted by Crippen LogP contribution is 2.30. The van der Waals surface area contributed by atoms with Crippen molar-refractivity contribution in [3.8, 4) is 11.3 Å². The molecule has 0 spiro atoms. The Morgan fingerprint density at radius 1 is 1.07 bits per heavy atom. The van der Waals surface area contributed by atoms with Crippen LogP contribution in [0.15, 0.2) is 18.3 Å². The molecule has 0 bridgehead atoms. The minimum atomic E-state index is 0.263. The van der Waals surface area contributed by atoms with Crippen LogP contribution in [-0.2, 0) is 11.2 Å². The molecular formula is C23H32N4O. The zero-order valence-corrected chi connectivity index (χ0v) is 18.2. The Hall–Kier alpha value is -2.27. The van der Waals surface area contributed by atoms with Gasteiger partial charge < -0.3 is 9.30 Å². The first-order valence-corrected chi connectivity index (χ1v) is 10.3. The molecule has 28 heavy (non-hydrogen) atoms. The third kappa shape index (κ3) is 3.68. The summed E-state index contributed by atoms with van der Waals surface area (Å²) in [5.41, 5.74) is 8.22. The number of hydrogen-bond acceptors (Lipinski definition) is 4. The Balaban J connectivity index is 2.17. The van der Waals surface area contributed by atoms with Gasteiger partial charge in [0.2, 0.25) is 0 Å². The molecule has 0 amide bonds. The van der Waals surface area contributed by atoms with E-state index in [9.17, 15) is 0 Å². The van der Waals surface area contributed by atoms with Crippen molar-refractivity contribution in [3.05, 3.63) is 41.0 Å². The van der Waals surface area contributed by atoms with Crippen molar-refractivity contribution in [2.24, 2.45) is 0 Å². The van der Waals surface area contributed by atoms with Crippen molar-refractivity contribution in [2.75, 3.05) is 13.7 Å². The number of fused-ring (bicyclic) bond motifs is 1. The van der Waals surface area contributed by atoms with Crippen molar-refractivity contribution in [1.82, 2.24) is 19.5 Å². The van der Waals surface area contributed by atoms with E-state index in [0.717, 1.165) is 57.9 Å². The number of ether oxygens (including phenoxy) is 1. The molecule has 3 rings (SSSR count). The van der Waals surface area contributed by atoms with Crippen LogP contribution in [0.5, 0.6) is 0 Å². The second kappa shape index (κ2) is 8.39. The Bertz CT molecular complexity index is 974. The third-order valence-corrected chi connectivity index (χ3v) is 5.40. The highest BCUT2D eigenvalue weighted by atomic mass is 16.5. The quantitative estimate of drug-likeness (QED) is 0.551. The fourth-order valence-electron chi connectivity index (χ4n) is 3.73. The maximum atomic E-state index is 5.41. The second-order valence-corrected chi connectivity index (χ2v) is 7.81. The van der Waals surface area contributed by atoms with Crippen LogP contribution in [0, 0.1) is 13.8 Å². The van der Waals surface area contributed by atoms with Crippen molar-refractivity contribution in [3.63, 3.8) is 0 Å². The lowest BCUT2D eigenvalue weighted by atomic mass is 10.0. The molecule has 0 fully saturated rings. The zero-order chi connectivity index (χ0) is 20.4. The molecule has 5 nitrogen and oxygen atoms in total. The summed E-state index contributed by atoms with van der Waals surface area (Å²) < 4.78 is 7.64. The summed E-state index contributed by atoms with van der Waals surface area (Å²) in [5.74, 6) is 0.414. The molecule has 150 valence electrons. The summed E-state index contributed by atoms with van der Waals surface area (Å²) >= 11 is 0. The van der Waals surface area contributed by atoms with Crippen LogP contribution in [-0.4, -0.2) is 33.2 Å². The van der Waals surface area contributed by atoms with Gasteiger partial charge in [0.25, 0.3) is 0 Å². The zero-order valence-electron chi connectivity index (χ0n) is 18.2. The van der Waals surface area contributed by atoms with Crippen molar-refractivity contribution in [1.29, 1.82) is 0 Å². The standard InChI is InChI=1S/C23H32N4O/c1-8-17(13-28-7)27-12-15(5)21-23(27)24-16(6)22(26-21)18-10-11-20(14(3)4)25-19(18)9-2/h10-12,14,17H,8-9,13H2,1-7H3/t17-/m0/s1. The molecule has 0 aliphatic rings. The van der Waals surface area contributed by atoms with E-state index in [1.807, 2.05) is 6.92 Å². The minimum absolute atomic E-state index is 0.263. The number of rotatable bonds is 7. The molecule has 0 saturated carbocycles. The molecular weight excluding hydrogens is 348 g/mol. The van der Waals surface area contributed by atoms with Gasteiger partial charge in [-0.2, -0.15) is 0 Å². The van der Waals surface area contributed by atoms with Crippen LogP contribution in [0.25, 0.3) is 22.4 Å². The second-order valence-electron chi connectivity index (χ2n) is 7.81. The first kappa shape index (κ1) is 20.5. The van der Waals surface area contributed by atoms with Crippen LogP contribution < -0.4 is 0 Å². The van der Waals surface area contributed by atoms with Crippen molar-refractivity contribution >= 4 is 11.2 Å². The van der Waals surface area contributed by atoms with Crippen LogP contribution >= 0.6 is 0 Å². The van der Waals surface area contributed by atoms with Gasteiger partial charge in [-0.1, -0.05) is 27.7 Å². The lowest BCUT2D eigenvalue weighted by Gasteiger charge is -2.17. The molecule has 0 aliphatic heterocycles. The topological polar surface area (TPSA) is 52.8 Å². The molecule has 0 radical (unpaired) electrons. The highest BCUT2D eigenvalue weighted by molar-refractivity contribution is 5.80. The van der Waals surface area contributed by atoms with Crippen LogP contribution in [0.2, 0.25) is 0 Å². The van der Waals surface area contributed by atoms with Crippen molar-refractivity contribution < 1.29 is 4.74 Å². The summed E-state index contributed by atoms with van der Waals surface area (Å²) in [6.07, 6.45) is 4.02. The van der Waals surface area contributed by atoms with Crippen LogP contribution in [0.1, 0.15) is 68.7 Å². The molecule has 0 saturated heterocycles. The molecule has 0 unspecified atom stereocenters. The highest BCUT2D eigenvalue weighted by Gasteiger charge is 2.19. The Morgan fingerprint density at radius 2 is 1.82 bits per heavy atom. The first-order valence-electron chi connectivity index (χ1n) is 10.3. The van der Waals surface area contributed by atoms with Gasteiger partial charge in [-0.05, 0) is 50.3 Å². The van der Waals surface area contributed by atoms with E-state index >= 15 is 0 Å². The monoisotopic (exact) mass is 380 g/mol. The first-order chi connectivity index (χ1) is 13.4. The summed E-state index contributed by atoms with van der Waals surface area (Å²) in [7, 11) is 1.75. The van der Waals surface area contributed by atoms with E-state index in [-0.39, 0.29) is 6.04 Å². The fourth-order valence-corrected chi connectivity index (χ4v) is 3.73. The SMILES string of the molecule is CCc1nc(C(C)C)ccc1-c1nc2c(C)cn([C@@H](CC)COC)c2nc1C. The van der Waals surface area contributed by atoms with E-state index < -0.39 is 0 Å². The smallest absolute Gasteiger partial charge is 0.159 e.